The van der Waals surface area contributed by atoms with Crippen LogP contribution in [0.3, 0.4) is 0 Å². The maximum Gasteiger partial charge on any atom is 0.417 e. The lowest BCUT2D eigenvalue weighted by atomic mass is 10.0. The molecular weight excluding hydrogens is 439 g/mol. The third-order valence-corrected chi connectivity index (χ3v) is 5.89. The first-order chi connectivity index (χ1) is 12.7. The molecule has 27 heavy (non-hydrogen) atoms. The fourth-order valence-electron chi connectivity index (χ4n) is 2.89. The fraction of sp³-hybridized carbons (Fsp3) is 0.263. The molecule has 0 aliphatic rings. The highest BCUT2D eigenvalue weighted by molar-refractivity contribution is 9.11. The van der Waals surface area contributed by atoms with Crippen LogP contribution in [0.2, 0.25) is 0 Å². The van der Waals surface area contributed by atoms with Crippen molar-refractivity contribution in [1.82, 2.24) is 9.97 Å². The standard InChI is InChI=1S/C19H17BrF3N3S/c1-4-26(16-11(2)10-27-17(16)20)18-24-12(3)9-15(25-18)13-7-5-6-8-14(13)19(21,22)23/h5-10H,4H2,1-3H3. The Morgan fingerprint density at radius 1 is 1.15 bits per heavy atom. The van der Waals surface area contributed by atoms with E-state index in [9.17, 15) is 13.2 Å². The molecule has 3 nitrogen and oxygen atoms in total. The van der Waals surface area contributed by atoms with Gasteiger partial charge in [0.05, 0.1) is 20.7 Å². The SMILES string of the molecule is CCN(c1nc(C)cc(-c2ccccc2C(F)(F)F)n1)c1c(C)csc1Br. The number of nitrogens with zero attached hydrogens (tertiary/aromatic N) is 3. The molecule has 0 saturated heterocycles. The average molecular weight is 456 g/mol. The molecule has 2 aromatic heterocycles. The zero-order chi connectivity index (χ0) is 19.8. The van der Waals surface area contributed by atoms with Gasteiger partial charge in [-0.1, -0.05) is 18.2 Å². The molecule has 0 aliphatic carbocycles. The first-order valence-electron chi connectivity index (χ1n) is 8.25. The van der Waals surface area contributed by atoms with Gasteiger partial charge in [0.2, 0.25) is 5.95 Å². The van der Waals surface area contributed by atoms with E-state index in [2.05, 4.69) is 25.9 Å². The number of anilines is 2. The van der Waals surface area contributed by atoms with Crippen LogP contribution in [0.1, 0.15) is 23.7 Å². The van der Waals surface area contributed by atoms with Gasteiger partial charge in [-0.2, -0.15) is 13.2 Å². The average Bonchev–Trinajstić information content (AvgIpc) is 2.94. The van der Waals surface area contributed by atoms with Gasteiger partial charge in [-0.05, 0) is 59.8 Å². The van der Waals surface area contributed by atoms with Gasteiger partial charge in [0.25, 0.3) is 0 Å². The van der Waals surface area contributed by atoms with E-state index in [1.165, 1.54) is 12.1 Å². The predicted molar refractivity (Wildman–Crippen MR) is 107 cm³/mol. The molecule has 0 atom stereocenters. The van der Waals surface area contributed by atoms with Crippen molar-refractivity contribution in [3.8, 4) is 11.3 Å². The van der Waals surface area contributed by atoms with Gasteiger partial charge >= 0.3 is 6.18 Å². The molecule has 142 valence electrons. The Hall–Kier alpha value is -1.93. The second-order valence-electron chi connectivity index (χ2n) is 6.02. The van der Waals surface area contributed by atoms with E-state index in [0.29, 0.717) is 18.2 Å². The number of hydrogen-bond donors (Lipinski definition) is 0. The molecule has 0 fully saturated rings. The van der Waals surface area contributed by atoms with Crippen LogP contribution < -0.4 is 4.90 Å². The topological polar surface area (TPSA) is 29.0 Å². The van der Waals surface area contributed by atoms with E-state index in [-0.39, 0.29) is 11.3 Å². The molecule has 0 radical (unpaired) electrons. The number of thiophene rings is 1. The third kappa shape index (κ3) is 4.01. The van der Waals surface area contributed by atoms with Crippen LogP contribution in [0.15, 0.2) is 39.5 Å². The summed E-state index contributed by atoms with van der Waals surface area (Å²) in [7, 11) is 0. The first kappa shape index (κ1) is 19.8. The smallest absolute Gasteiger partial charge is 0.309 e. The van der Waals surface area contributed by atoms with E-state index < -0.39 is 11.7 Å². The number of benzene rings is 1. The lowest BCUT2D eigenvalue weighted by Gasteiger charge is -2.23. The van der Waals surface area contributed by atoms with Gasteiger partial charge in [-0.15, -0.1) is 11.3 Å². The number of halogens is 4. The van der Waals surface area contributed by atoms with E-state index in [0.717, 1.165) is 21.1 Å². The van der Waals surface area contributed by atoms with Crippen molar-refractivity contribution < 1.29 is 13.2 Å². The molecular formula is C19H17BrF3N3S. The van der Waals surface area contributed by atoms with Crippen LogP contribution in [-0.4, -0.2) is 16.5 Å². The van der Waals surface area contributed by atoms with Crippen LogP contribution in [-0.2, 0) is 6.18 Å². The number of hydrogen-bond acceptors (Lipinski definition) is 4. The Morgan fingerprint density at radius 3 is 2.44 bits per heavy atom. The Morgan fingerprint density at radius 2 is 1.85 bits per heavy atom. The monoisotopic (exact) mass is 455 g/mol. The van der Waals surface area contributed by atoms with Crippen LogP contribution in [0.4, 0.5) is 24.8 Å². The summed E-state index contributed by atoms with van der Waals surface area (Å²) in [6.45, 7) is 6.28. The maximum atomic E-state index is 13.4. The highest BCUT2D eigenvalue weighted by Crippen LogP contribution is 2.40. The minimum Gasteiger partial charge on any atom is -0.309 e. The summed E-state index contributed by atoms with van der Waals surface area (Å²) in [5, 5.41) is 2.01. The van der Waals surface area contributed by atoms with Gasteiger partial charge < -0.3 is 4.90 Å². The molecule has 3 aromatic rings. The normalized spacial score (nSPS) is 11.7. The van der Waals surface area contributed by atoms with E-state index >= 15 is 0 Å². The number of rotatable bonds is 4. The van der Waals surface area contributed by atoms with Gasteiger partial charge in [-0.3, -0.25) is 0 Å². The van der Waals surface area contributed by atoms with E-state index in [1.807, 2.05) is 24.1 Å². The van der Waals surface area contributed by atoms with Crippen molar-refractivity contribution in [2.24, 2.45) is 0 Å². The number of aryl methyl sites for hydroxylation is 2. The molecule has 0 bridgehead atoms. The lowest BCUT2D eigenvalue weighted by Crippen LogP contribution is -2.20. The Bertz CT molecular complexity index is 950. The van der Waals surface area contributed by atoms with Crippen molar-refractivity contribution in [3.05, 3.63) is 56.3 Å². The summed E-state index contributed by atoms with van der Waals surface area (Å²) in [5.41, 5.74) is 2.19. The lowest BCUT2D eigenvalue weighted by molar-refractivity contribution is -0.137. The molecule has 0 saturated carbocycles. The molecule has 0 aliphatic heterocycles. The Balaban J connectivity index is 2.17. The Kier molecular flexibility index (Phi) is 5.58. The molecule has 2 heterocycles. The van der Waals surface area contributed by atoms with Gasteiger partial charge in [0.15, 0.2) is 0 Å². The third-order valence-electron chi connectivity index (χ3n) is 4.08. The molecule has 3 rings (SSSR count). The zero-order valence-electron chi connectivity index (χ0n) is 14.9. The van der Waals surface area contributed by atoms with Gasteiger partial charge in [0, 0.05) is 17.8 Å². The minimum absolute atomic E-state index is 0.0499. The minimum atomic E-state index is -4.45. The van der Waals surface area contributed by atoms with Gasteiger partial charge in [0.1, 0.15) is 0 Å². The second-order valence-corrected chi connectivity index (χ2v) is 8.22. The van der Waals surface area contributed by atoms with Crippen LogP contribution in [0.5, 0.6) is 0 Å². The highest BCUT2D eigenvalue weighted by Gasteiger charge is 2.34. The zero-order valence-corrected chi connectivity index (χ0v) is 17.3. The van der Waals surface area contributed by atoms with Crippen LogP contribution in [0, 0.1) is 13.8 Å². The van der Waals surface area contributed by atoms with Crippen LogP contribution >= 0.6 is 27.3 Å². The number of aromatic nitrogens is 2. The van der Waals surface area contributed by atoms with Crippen molar-refractivity contribution in [2.45, 2.75) is 26.9 Å². The molecule has 0 spiro atoms. The van der Waals surface area contributed by atoms with E-state index in [1.54, 1.807) is 30.4 Å². The molecule has 0 N–H and O–H groups in total. The summed E-state index contributed by atoms with van der Waals surface area (Å²) >= 11 is 5.10. The van der Waals surface area contributed by atoms with Gasteiger partial charge in [-0.25, -0.2) is 9.97 Å². The summed E-state index contributed by atoms with van der Waals surface area (Å²) in [6, 6.07) is 7.06. The Labute approximate surface area is 168 Å². The fourth-order valence-corrected chi connectivity index (χ4v) is 4.47. The molecule has 0 amide bonds. The highest BCUT2D eigenvalue weighted by atomic mass is 79.9. The number of alkyl halides is 3. The second kappa shape index (κ2) is 7.59. The molecule has 0 unspecified atom stereocenters. The van der Waals surface area contributed by atoms with Crippen molar-refractivity contribution in [2.75, 3.05) is 11.4 Å². The quantitative estimate of drug-likeness (QED) is 0.434. The van der Waals surface area contributed by atoms with Crippen LogP contribution in [0.25, 0.3) is 11.3 Å². The largest absolute Gasteiger partial charge is 0.417 e. The summed E-state index contributed by atoms with van der Waals surface area (Å²) < 4.78 is 41.2. The molecule has 1 aromatic carbocycles. The maximum absolute atomic E-state index is 13.4. The first-order valence-corrected chi connectivity index (χ1v) is 9.93. The summed E-state index contributed by atoms with van der Waals surface area (Å²) in [4.78, 5) is 10.9. The van der Waals surface area contributed by atoms with Crippen molar-refractivity contribution in [3.63, 3.8) is 0 Å². The summed E-state index contributed by atoms with van der Waals surface area (Å²) in [6.07, 6.45) is -4.45. The predicted octanol–water partition coefficient (Wildman–Crippen LogP) is 6.76. The molecule has 8 heteroatoms. The van der Waals surface area contributed by atoms with E-state index in [4.69, 9.17) is 0 Å². The summed E-state index contributed by atoms with van der Waals surface area (Å²) in [5.74, 6) is 0.381. The van der Waals surface area contributed by atoms with Crippen molar-refractivity contribution in [1.29, 1.82) is 0 Å². The van der Waals surface area contributed by atoms with Crippen molar-refractivity contribution >= 4 is 38.9 Å².